The lowest BCUT2D eigenvalue weighted by molar-refractivity contribution is -0.384. The van der Waals surface area contributed by atoms with Crippen molar-refractivity contribution in [2.75, 3.05) is 26.3 Å². The van der Waals surface area contributed by atoms with Gasteiger partial charge in [-0.05, 0) is 37.6 Å². The van der Waals surface area contributed by atoms with Crippen LogP contribution in [-0.4, -0.2) is 53.5 Å². The average molecular weight is 477 g/mol. The first-order valence-electron chi connectivity index (χ1n) is 10.3. The number of nitro groups is 1. The Bertz CT molecular complexity index is 1250. The molecule has 0 aliphatic carbocycles. The van der Waals surface area contributed by atoms with Crippen molar-refractivity contribution in [2.24, 2.45) is 0 Å². The molecule has 1 aromatic heterocycles. The Balaban J connectivity index is 1.65. The number of sulfonamides is 1. The third kappa shape index (κ3) is 4.38. The average Bonchev–Trinajstić information content (AvgIpc) is 3.15. The molecule has 0 N–H and O–H groups in total. The van der Waals surface area contributed by atoms with Gasteiger partial charge in [-0.25, -0.2) is 13.4 Å². The molecule has 32 heavy (non-hydrogen) atoms. The van der Waals surface area contributed by atoms with Gasteiger partial charge in [-0.2, -0.15) is 4.31 Å². The molecular formula is C21H24N4O5S2. The maximum absolute atomic E-state index is 13.0. The Morgan fingerprint density at radius 3 is 2.66 bits per heavy atom. The molecule has 1 unspecified atom stereocenters. The molecule has 0 amide bonds. The number of aromatic nitrogens is 2. The number of ether oxygens (including phenoxy) is 1. The third-order valence-electron chi connectivity index (χ3n) is 5.44. The minimum absolute atomic E-state index is 0.0527. The predicted octanol–water partition coefficient (Wildman–Crippen LogP) is 3.84. The fourth-order valence-corrected chi connectivity index (χ4v) is 6.23. The first-order valence-corrected chi connectivity index (χ1v) is 12.6. The normalized spacial score (nSPS) is 16.3. The lowest BCUT2D eigenvalue weighted by atomic mass is 10.1. The van der Waals surface area contributed by atoms with Crippen molar-refractivity contribution in [3.63, 3.8) is 0 Å². The van der Waals surface area contributed by atoms with Crippen LogP contribution in [0.1, 0.15) is 24.7 Å². The summed E-state index contributed by atoms with van der Waals surface area (Å²) < 4.78 is 34.8. The molecule has 4 rings (SSSR count). The molecule has 3 aromatic rings. The van der Waals surface area contributed by atoms with Crippen molar-refractivity contribution >= 4 is 38.5 Å². The van der Waals surface area contributed by atoms with Gasteiger partial charge in [-0.15, -0.1) is 0 Å². The van der Waals surface area contributed by atoms with Crippen molar-refractivity contribution < 1.29 is 18.1 Å². The number of nitrogens with zero attached hydrogens (tertiary/aromatic N) is 4. The van der Waals surface area contributed by atoms with Gasteiger partial charge in [0.25, 0.3) is 5.69 Å². The summed E-state index contributed by atoms with van der Waals surface area (Å²) >= 11 is 1.49. The van der Waals surface area contributed by atoms with Gasteiger partial charge < -0.3 is 9.30 Å². The van der Waals surface area contributed by atoms with Crippen LogP contribution in [0.25, 0.3) is 11.0 Å². The zero-order chi connectivity index (χ0) is 22.9. The zero-order valence-electron chi connectivity index (χ0n) is 17.8. The van der Waals surface area contributed by atoms with Crippen molar-refractivity contribution in [2.45, 2.75) is 35.7 Å². The second-order valence-electron chi connectivity index (χ2n) is 7.42. The maximum atomic E-state index is 13.0. The number of imidazole rings is 1. The summed E-state index contributed by atoms with van der Waals surface area (Å²) in [4.78, 5) is 15.6. The molecule has 1 saturated heterocycles. The number of fused-ring (bicyclic) bond motifs is 1. The van der Waals surface area contributed by atoms with Crippen molar-refractivity contribution in [1.82, 2.24) is 13.9 Å². The molecule has 9 nitrogen and oxygen atoms in total. The number of hydrogen-bond acceptors (Lipinski definition) is 7. The van der Waals surface area contributed by atoms with Crippen LogP contribution in [0.5, 0.6) is 0 Å². The van der Waals surface area contributed by atoms with Gasteiger partial charge in [0.2, 0.25) is 10.0 Å². The fraction of sp³-hybridized carbons (Fsp3) is 0.381. The van der Waals surface area contributed by atoms with Crippen LogP contribution < -0.4 is 0 Å². The first kappa shape index (κ1) is 22.7. The molecular weight excluding hydrogens is 452 g/mol. The molecule has 170 valence electrons. The minimum Gasteiger partial charge on any atom is -0.379 e. The molecule has 0 radical (unpaired) electrons. The second-order valence-corrected chi connectivity index (χ2v) is 10.7. The molecule has 1 fully saturated rings. The van der Waals surface area contributed by atoms with Crippen LogP contribution >= 0.6 is 11.8 Å². The van der Waals surface area contributed by atoms with Gasteiger partial charge in [0.1, 0.15) is 0 Å². The van der Waals surface area contributed by atoms with E-state index in [0.29, 0.717) is 38.4 Å². The van der Waals surface area contributed by atoms with E-state index in [1.54, 1.807) is 30.3 Å². The van der Waals surface area contributed by atoms with Crippen molar-refractivity contribution in [3.05, 3.63) is 58.1 Å². The molecule has 1 aliphatic heterocycles. The molecule has 1 atom stereocenters. The van der Waals surface area contributed by atoms with Gasteiger partial charge in [0.05, 0.1) is 34.1 Å². The number of thioether (sulfide) groups is 1. The summed E-state index contributed by atoms with van der Waals surface area (Å²) in [5.41, 5.74) is 2.34. The Morgan fingerprint density at radius 2 is 1.97 bits per heavy atom. The third-order valence-corrected chi connectivity index (χ3v) is 8.48. The van der Waals surface area contributed by atoms with E-state index in [4.69, 9.17) is 9.72 Å². The smallest absolute Gasteiger partial charge is 0.269 e. The van der Waals surface area contributed by atoms with Crippen LogP contribution in [0.4, 0.5) is 5.69 Å². The number of rotatable bonds is 7. The van der Waals surface area contributed by atoms with Gasteiger partial charge in [0.15, 0.2) is 5.16 Å². The molecule has 2 aromatic carbocycles. The van der Waals surface area contributed by atoms with Crippen LogP contribution in [-0.2, 0) is 21.3 Å². The highest BCUT2D eigenvalue weighted by molar-refractivity contribution is 7.99. The van der Waals surface area contributed by atoms with Crippen LogP contribution in [0, 0.1) is 10.1 Å². The van der Waals surface area contributed by atoms with Crippen LogP contribution in [0.3, 0.4) is 0 Å². The van der Waals surface area contributed by atoms with E-state index in [9.17, 15) is 18.5 Å². The standard InChI is InChI=1S/C21H24N4O5S2/c1-3-24-20-8-7-18(32(28,29)23-9-11-30-12-10-23)14-19(20)22-21(24)31-15(2)16-5-4-6-17(13-16)25(26)27/h4-8,13-15H,3,9-12H2,1-2H3. The van der Waals surface area contributed by atoms with Gasteiger partial charge in [0, 0.05) is 37.0 Å². The summed E-state index contributed by atoms with van der Waals surface area (Å²) in [6.45, 7) is 6.09. The number of aryl methyl sites for hydroxylation is 1. The van der Waals surface area contributed by atoms with E-state index in [-0.39, 0.29) is 15.8 Å². The molecule has 0 spiro atoms. The summed E-state index contributed by atoms with van der Waals surface area (Å²) in [5, 5.41) is 11.8. The van der Waals surface area contributed by atoms with E-state index in [1.165, 1.54) is 22.1 Å². The number of non-ortho nitro benzene ring substituents is 1. The SMILES string of the molecule is CCn1c(SC(C)c2cccc([N+](=O)[O-])c2)nc2cc(S(=O)(=O)N3CCOCC3)ccc21. The number of hydrogen-bond donors (Lipinski definition) is 0. The van der Waals surface area contributed by atoms with E-state index in [0.717, 1.165) is 16.2 Å². The van der Waals surface area contributed by atoms with Gasteiger partial charge >= 0.3 is 0 Å². The van der Waals surface area contributed by atoms with Crippen molar-refractivity contribution in [3.8, 4) is 0 Å². The quantitative estimate of drug-likeness (QED) is 0.290. The summed E-state index contributed by atoms with van der Waals surface area (Å²) in [6.07, 6.45) is 0. The highest BCUT2D eigenvalue weighted by Crippen LogP contribution is 2.37. The Kier molecular flexibility index (Phi) is 6.52. The van der Waals surface area contributed by atoms with Crippen LogP contribution in [0.15, 0.2) is 52.5 Å². The van der Waals surface area contributed by atoms with Gasteiger partial charge in [-0.1, -0.05) is 23.9 Å². The Hall–Kier alpha value is -2.47. The van der Waals surface area contributed by atoms with E-state index >= 15 is 0 Å². The Labute approximate surface area is 190 Å². The topological polar surface area (TPSA) is 108 Å². The monoisotopic (exact) mass is 476 g/mol. The van der Waals surface area contributed by atoms with Gasteiger partial charge in [-0.3, -0.25) is 10.1 Å². The lowest BCUT2D eigenvalue weighted by Crippen LogP contribution is -2.40. The predicted molar refractivity (Wildman–Crippen MR) is 122 cm³/mol. The van der Waals surface area contributed by atoms with Crippen molar-refractivity contribution in [1.29, 1.82) is 0 Å². The van der Waals surface area contributed by atoms with E-state index in [1.807, 2.05) is 24.5 Å². The first-order chi connectivity index (χ1) is 15.3. The number of nitro benzene ring substituents is 1. The highest BCUT2D eigenvalue weighted by Gasteiger charge is 2.27. The van der Waals surface area contributed by atoms with E-state index < -0.39 is 14.9 Å². The summed E-state index contributed by atoms with van der Waals surface area (Å²) in [7, 11) is -3.61. The molecule has 0 bridgehead atoms. The second kappa shape index (κ2) is 9.18. The lowest BCUT2D eigenvalue weighted by Gasteiger charge is -2.26. The molecule has 0 saturated carbocycles. The largest absolute Gasteiger partial charge is 0.379 e. The molecule has 1 aliphatic rings. The Morgan fingerprint density at radius 1 is 1.22 bits per heavy atom. The summed E-state index contributed by atoms with van der Waals surface area (Å²) in [6, 6.07) is 11.6. The zero-order valence-corrected chi connectivity index (χ0v) is 19.4. The number of morpholine rings is 1. The fourth-order valence-electron chi connectivity index (χ4n) is 3.70. The highest BCUT2D eigenvalue weighted by atomic mass is 32.2. The molecule has 11 heteroatoms. The number of benzene rings is 2. The maximum Gasteiger partial charge on any atom is 0.269 e. The van der Waals surface area contributed by atoms with E-state index in [2.05, 4.69) is 0 Å². The summed E-state index contributed by atoms with van der Waals surface area (Å²) in [5.74, 6) is 0. The van der Waals surface area contributed by atoms with Crippen LogP contribution in [0.2, 0.25) is 0 Å². The minimum atomic E-state index is -3.61. The molecule has 2 heterocycles.